The van der Waals surface area contributed by atoms with E-state index < -0.39 is 0 Å². The Bertz CT molecular complexity index is 3130. The fraction of sp³-hybridized carbons (Fsp3) is 0. The SMILES string of the molecule is c1ccc(-c2nc(-c3cccc(-n4c5ccccc5c5cc6c(cc54)c4ccccc4n6-c4ccccc4)c3)c3oc4ccccc4c3n2)cc1. The second-order valence-corrected chi connectivity index (χ2v) is 13.0. The number of hydrogen-bond acceptors (Lipinski definition) is 3. The molecule has 4 aromatic heterocycles. The van der Waals surface area contributed by atoms with Crippen LogP contribution in [0.5, 0.6) is 0 Å². The van der Waals surface area contributed by atoms with Crippen LogP contribution < -0.4 is 0 Å². The number of furan rings is 1. The molecule has 0 saturated heterocycles. The van der Waals surface area contributed by atoms with Crippen molar-refractivity contribution < 1.29 is 4.42 Å². The van der Waals surface area contributed by atoms with Gasteiger partial charge in [-0.1, -0.05) is 109 Å². The van der Waals surface area contributed by atoms with E-state index in [0.29, 0.717) is 11.4 Å². The van der Waals surface area contributed by atoms with Gasteiger partial charge in [-0.25, -0.2) is 9.97 Å². The second kappa shape index (κ2) is 10.8. The Morgan fingerprint density at radius 1 is 0.392 bits per heavy atom. The molecule has 0 bridgehead atoms. The number of hydrogen-bond donors (Lipinski definition) is 0. The summed E-state index contributed by atoms with van der Waals surface area (Å²) in [6, 6.07) is 59.7. The number of nitrogens with zero attached hydrogens (tertiary/aromatic N) is 4. The highest BCUT2D eigenvalue weighted by molar-refractivity contribution is 6.19. The Morgan fingerprint density at radius 2 is 0.941 bits per heavy atom. The minimum absolute atomic E-state index is 0.670. The van der Waals surface area contributed by atoms with Crippen LogP contribution >= 0.6 is 0 Å². The van der Waals surface area contributed by atoms with Crippen LogP contribution in [-0.2, 0) is 0 Å². The van der Waals surface area contributed by atoms with Crippen molar-refractivity contribution in [1.82, 2.24) is 19.1 Å². The Morgan fingerprint density at radius 3 is 1.65 bits per heavy atom. The van der Waals surface area contributed by atoms with Gasteiger partial charge in [-0.05, 0) is 60.7 Å². The Kier molecular flexibility index (Phi) is 5.89. The molecule has 4 heterocycles. The third-order valence-corrected chi connectivity index (χ3v) is 10.1. The minimum Gasteiger partial charge on any atom is -0.452 e. The van der Waals surface area contributed by atoms with Gasteiger partial charge in [0.15, 0.2) is 11.4 Å². The van der Waals surface area contributed by atoms with Gasteiger partial charge < -0.3 is 13.6 Å². The standard InChI is InChI=1S/C46H28N4O/c1-3-14-29(15-4-1)46-47-43(45-44(48-46)35-22-9-12-25-42(35)51-45)30-16-13-19-32(26-30)50-39-24-11-8-21-34(39)37-27-40-36(28-41(37)50)33-20-7-10-23-38(33)49(40)31-17-5-2-6-18-31/h1-28H. The van der Waals surface area contributed by atoms with Crippen molar-refractivity contribution >= 4 is 65.7 Å². The summed E-state index contributed by atoms with van der Waals surface area (Å²) in [4.78, 5) is 10.2. The van der Waals surface area contributed by atoms with E-state index >= 15 is 0 Å². The van der Waals surface area contributed by atoms with Crippen molar-refractivity contribution in [2.45, 2.75) is 0 Å². The zero-order valence-corrected chi connectivity index (χ0v) is 27.4. The molecular formula is C46H28N4O. The summed E-state index contributed by atoms with van der Waals surface area (Å²) < 4.78 is 11.3. The molecule has 0 unspecified atom stereocenters. The van der Waals surface area contributed by atoms with Gasteiger partial charge in [0, 0.05) is 49.4 Å². The highest BCUT2D eigenvalue weighted by Gasteiger charge is 2.21. The van der Waals surface area contributed by atoms with E-state index in [2.05, 4.69) is 143 Å². The predicted octanol–water partition coefficient (Wildman–Crippen LogP) is 11.9. The lowest BCUT2D eigenvalue weighted by atomic mass is 10.1. The van der Waals surface area contributed by atoms with Crippen molar-refractivity contribution in [1.29, 1.82) is 0 Å². The third kappa shape index (κ3) is 4.15. The number of aromatic nitrogens is 4. The quantitative estimate of drug-likeness (QED) is 0.190. The molecule has 238 valence electrons. The molecule has 0 aliphatic rings. The predicted molar refractivity (Wildman–Crippen MR) is 209 cm³/mol. The molecule has 5 nitrogen and oxygen atoms in total. The lowest BCUT2D eigenvalue weighted by molar-refractivity contribution is 0.667. The number of rotatable bonds is 4. The molecule has 11 aromatic rings. The maximum absolute atomic E-state index is 6.49. The Balaban J connectivity index is 1.19. The summed E-state index contributed by atoms with van der Waals surface area (Å²) in [5.41, 5.74) is 11.9. The lowest BCUT2D eigenvalue weighted by Gasteiger charge is -2.11. The first-order valence-corrected chi connectivity index (χ1v) is 17.2. The van der Waals surface area contributed by atoms with Gasteiger partial charge in [-0.15, -0.1) is 0 Å². The molecule has 0 fully saturated rings. The van der Waals surface area contributed by atoms with E-state index in [9.17, 15) is 0 Å². The summed E-state index contributed by atoms with van der Waals surface area (Å²) in [7, 11) is 0. The monoisotopic (exact) mass is 652 g/mol. The first-order chi connectivity index (χ1) is 25.3. The molecular weight excluding hydrogens is 625 g/mol. The summed E-state index contributed by atoms with van der Waals surface area (Å²) in [6.45, 7) is 0. The number of fused-ring (bicyclic) bond motifs is 9. The van der Waals surface area contributed by atoms with Crippen molar-refractivity contribution in [3.05, 3.63) is 170 Å². The lowest BCUT2D eigenvalue weighted by Crippen LogP contribution is -1.97. The van der Waals surface area contributed by atoms with Crippen LogP contribution in [0.1, 0.15) is 0 Å². The van der Waals surface area contributed by atoms with Crippen LogP contribution in [0.2, 0.25) is 0 Å². The van der Waals surface area contributed by atoms with Crippen LogP contribution in [-0.4, -0.2) is 19.1 Å². The highest BCUT2D eigenvalue weighted by atomic mass is 16.3. The van der Waals surface area contributed by atoms with Crippen molar-refractivity contribution in [3.8, 4) is 34.0 Å². The Labute approximate surface area is 292 Å². The summed E-state index contributed by atoms with van der Waals surface area (Å²) >= 11 is 0. The van der Waals surface area contributed by atoms with Gasteiger partial charge in [0.2, 0.25) is 0 Å². The third-order valence-electron chi connectivity index (χ3n) is 10.1. The van der Waals surface area contributed by atoms with Gasteiger partial charge in [0.25, 0.3) is 0 Å². The van der Waals surface area contributed by atoms with Gasteiger partial charge in [-0.2, -0.15) is 0 Å². The molecule has 11 rings (SSSR count). The van der Waals surface area contributed by atoms with E-state index in [1.54, 1.807) is 0 Å². The fourth-order valence-corrected chi connectivity index (χ4v) is 7.86. The molecule has 0 aliphatic carbocycles. The summed E-state index contributed by atoms with van der Waals surface area (Å²) in [5, 5.41) is 5.83. The van der Waals surface area contributed by atoms with E-state index in [1.807, 2.05) is 36.4 Å². The molecule has 0 saturated carbocycles. The molecule has 0 radical (unpaired) electrons. The minimum atomic E-state index is 0.670. The molecule has 0 spiro atoms. The average molecular weight is 653 g/mol. The van der Waals surface area contributed by atoms with E-state index in [1.165, 1.54) is 32.6 Å². The first-order valence-electron chi connectivity index (χ1n) is 17.2. The molecule has 0 atom stereocenters. The molecule has 5 heteroatoms. The summed E-state index contributed by atoms with van der Waals surface area (Å²) in [5.74, 6) is 0.670. The van der Waals surface area contributed by atoms with E-state index in [4.69, 9.17) is 14.4 Å². The normalized spacial score (nSPS) is 11.9. The largest absolute Gasteiger partial charge is 0.452 e. The van der Waals surface area contributed by atoms with E-state index in [-0.39, 0.29) is 0 Å². The maximum atomic E-state index is 6.49. The zero-order chi connectivity index (χ0) is 33.5. The van der Waals surface area contributed by atoms with Crippen molar-refractivity contribution in [2.24, 2.45) is 0 Å². The van der Waals surface area contributed by atoms with Crippen LogP contribution in [0.25, 0.3) is 99.7 Å². The Hall–Kier alpha value is -6.98. The van der Waals surface area contributed by atoms with Gasteiger partial charge in [-0.3, -0.25) is 0 Å². The smallest absolute Gasteiger partial charge is 0.180 e. The van der Waals surface area contributed by atoms with Crippen LogP contribution in [0.15, 0.2) is 174 Å². The second-order valence-electron chi connectivity index (χ2n) is 13.0. The van der Waals surface area contributed by atoms with Crippen molar-refractivity contribution in [2.75, 3.05) is 0 Å². The van der Waals surface area contributed by atoms with Crippen molar-refractivity contribution in [3.63, 3.8) is 0 Å². The average Bonchev–Trinajstić information content (AvgIpc) is 3.85. The zero-order valence-electron chi connectivity index (χ0n) is 27.4. The van der Waals surface area contributed by atoms with Gasteiger partial charge in [0.1, 0.15) is 16.8 Å². The van der Waals surface area contributed by atoms with Crippen LogP contribution in [0.3, 0.4) is 0 Å². The maximum Gasteiger partial charge on any atom is 0.180 e. The molecule has 0 N–H and O–H groups in total. The van der Waals surface area contributed by atoms with E-state index in [0.717, 1.165) is 55.7 Å². The van der Waals surface area contributed by atoms with Crippen LogP contribution in [0, 0.1) is 0 Å². The first kappa shape index (κ1) is 27.9. The fourth-order valence-electron chi connectivity index (χ4n) is 7.86. The molecule has 0 aliphatic heterocycles. The topological polar surface area (TPSA) is 48.8 Å². The van der Waals surface area contributed by atoms with Gasteiger partial charge in [0.05, 0.1) is 22.1 Å². The molecule has 51 heavy (non-hydrogen) atoms. The highest BCUT2D eigenvalue weighted by Crippen LogP contribution is 2.41. The van der Waals surface area contributed by atoms with Gasteiger partial charge >= 0.3 is 0 Å². The molecule has 7 aromatic carbocycles. The van der Waals surface area contributed by atoms with Crippen LogP contribution in [0.4, 0.5) is 0 Å². The number of para-hydroxylation sites is 4. The molecule has 0 amide bonds. The number of benzene rings is 7. The summed E-state index contributed by atoms with van der Waals surface area (Å²) in [6.07, 6.45) is 0.